The van der Waals surface area contributed by atoms with Crippen LogP contribution in [0.5, 0.6) is 0 Å². The molecule has 98 valence electrons. The Balaban J connectivity index is 2.50. The standard InChI is InChI=1S/C15H21NO2/c1-3-18-15(17)14(12(2)16)11-7-10-13-8-5-4-6-9-13/h4-6,8-9H,3,7,10-11,16H2,1-2H3/b14-12-. The molecule has 0 aliphatic carbocycles. The zero-order chi connectivity index (χ0) is 13.4. The highest BCUT2D eigenvalue weighted by molar-refractivity contribution is 5.89. The third kappa shape index (κ3) is 4.62. The molecule has 0 aliphatic heterocycles. The third-order valence-corrected chi connectivity index (χ3v) is 2.73. The fourth-order valence-corrected chi connectivity index (χ4v) is 1.79. The van der Waals surface area contributed by atoms with Crippen LogP contribution >= 0.6 is 0 Å². The molecule has 1 aromatic rings. The number of aryl methyl sites for hydroxylation is 1. The predicted molar refractivity (Wildman–Crippen MR) is 72.9 cm³/mol. The molecule has 0 unspecified atom stereocenters. The van der Waals surface area contributed by atoms with Gasteiger partial charge in [-0.2, -0.15) is 0 Å². The molecule has 3 nitrogen and oxygen atoms in total. The molecule has 1 rings (SSSR count). The van der Waals surface area contributed by atoms with Gasteiger partial charge in [0.1, 0.15) is 0 Å². The molecule has 0 heterocycles. The molecular formula is C15H21NO2. The first-order chi connectivity index (χ1) is 8.65. The van der Waals surface area contributed by atoms with Crippen molar-refractivity contribution in [3.63, 3.8) is 0 Å². The molecule has 18 heavy (non-hydrogen) atoms. The summed E-state index contributed by atoms with van der Waals surface area (Å²) in [7, 11) is 0. The zero-order valence-electron chi connectivity index (χ0n) is 11.1. The van der Waals surface area contributed by atoms with Crippen LogP contribution in [0.4, 0.5) is 0 Å². The molecule has 0 aliphatic rings. The lowest BCUT2D eigenvalue weighted by Crippen LogP contribution is -2.13. The minimum atomic E-state index is -0.287. The minimum Gasteiger partial charge on any atom is -0.463 e. The Bertz CT molecular complexity index is 406. The van der Waals surface area contributed by atoms with Crippen molar-refractivity contribution in [2.24, 2.45) is 5.73 Å². The molecule has 0 radical (unpaired) electrons. The quantitative estimate of drug-likeness (QED) is 0.621. The predicted octanol–water partition coefficient (Wildman–Crippen LogP) is 2.81. The number of benzene rings is 1. The smallest absolute Gasteiger partial charge is 0.335 e. The topological polar surface area (TPSA) is 52.3 Å². The number of carbonyl (C=O) groups excluding carboxylic acids is 1. The Morgan fingerprint density at radius 2 is 1.94 bits per heavy atom. The SMILES string of the molecule is CCOC(=O)/C(CCCc1ccccc1)=C(/C)N. The van der Waals surface area contributed by atoms with E-state index in [0.717, 1.165) is 12.8 Å². The summed E-state index contributed by atoms with van der Waals surface area (Å²) >= 11 is 0. The van der Waals surface area contributed by atoms with Crippen LogP contribution in [0.3, 0.4) is 0 Å². The van der Waals surface area contributed by atoms with Gasteiger partial charge in [0.15, 0.2) is 0 Å². The van der Waals surface area contributed by atoms with Crippen LogP contribution in [-0.2, 0) is 16.0 Å². The first kappa shape index (κ1) is 14.3. The van der Waals surface area contributed by atoms with E-state index in [2.05, 4.69) is 12.1 Å². The summed E-state index contributed by atoms with van der Waals surface area (Å²) in [6.07, 6.45) is 2.50. The van der Waals surface area contributed by atoms with E-state index in [1.54, 1.807) is 13.8 Å². The monoisotopic (exact) mass is 247 g/mol. The van der Waals surface area contributed by atoms with E-state index in [-0.39, 0.29) is 5.97 Å². The van der Waals surface area contributed by atoms with E-state index in [9.17, 15) is 4.79 Å². The highest BCUT2D eigenvalue weighted by atomic mass is 16.5. The molecule has 0 aromatic heterocycles. The summed E-state index contributed by atoms with van der Waals surface area (Å²) in [6, 6.07) is 10.2. The molecular weight excluding hydrogens is 226 g/mol. The number of allylic oxidation sites excluding steroid dienone is 1. The normalized spacial score (nSPS) is 11.9. The van der Waals surface area contributed by atoms with Gasteiger partial charge in [-0.1, -0.05) is 30.3 Å². The second-order valence-corrected chi connectivity index (χ2v) is 4.22. The van der Waals surface area contributed by atoms with Crippen LogP contribution in [0.25, 0.3) is 0 Å². The summed E-state index contributed by atoms with van der Waals surface area (Å²) in [5.41, 5.74) is 8.16. The molecule has 3 heteroatoms. The second kappa shape index (κ2) is 7.54. The van der Waals surface area contributed by atoms with Gasteiger partial charge < -0.3 is 10.5 Å². The van der Waals surface area contributed by atoms with Crippen molar-refractivity contribution < 1.29 is 9.53 Å². The van der Waals surface area contributed by atoms with Crippen LogP contribution < -0.4 is 5.73 Å². The molecule has 1 aromatic carbocycles. The van der Waals surface area contributed by atoms with Crippen LogP contribution in [0.15, 0.2) is 41.6 Å². The van der Waals surface area contributed by atoms with E-state index in [4.69, 9.17) is 10.5 Å². The number of carbonyl (C=O) groups is 1. The Morgan fingerprint density at radius 3 is 2.50 bits per heavy atom. The van der Waals surface area contributed by atoms with Crippen molar-refractivity contribution in [3.05, 3.63) is 47.2 Å². The largest absolute Gasteiger partial charge is 0.463 e. The van der Waals surface area contributed by atoms with E-state index >= 15 is 0 Å². The molecule has 0 atom stereocenters. The Hall–Kier alpha value is -1.77. The summed E-state index contributed by atoms with van der Waals surface area (Å²) in [6.45, 7) is 3.93. The second-order valence-electron chi connectivity index (χ2n) is 4.22. The van der Waals surface area contributed by atoms with E-state index in [1.807, 2.05) is 18.2 Å². The van der Waals surface area contributed by atoms with Crippen molar-refractivity contribution in [2.75, 3.05) is 6.61 Å². The number of hydrogen-bond acceptors (Lipinski definition) is 3. The minimum absolute atomic E-state index is 0.287. The van der Waals surface area contributed by atoms with Gasteiger partial charge in [-0.15, -0.1) is 0 Å². The molecule has 0 amide bonds. The lowest BCUT2D eigenvalue weighted by Gasteiger charge is -2.08. The highest BCUT2D eigenvalue weighted by Gasteiger charge is 2.12. The maximum absolute atomic E-state index is 11.7. The molecule has 2 N–H and O–H groups in total. The fraction of sp³-hybridized carbons (Fsp3) is 0.400. The molecule has 0 saturated heterocycles. The number of nitrogens with two attached hydrogens (primary N) is 1. The van der Waals surface area contributed by atoms with Gasteiger partial charge in [0, 0.05) is 5.70 Å². The van der Waals surface area contributed by atoms with Crippen LogP contribution in [0, 0.1) is 0 Å². The lowest BCUT2D eigenvalue weighted by atomic mass is 10.0. The number of esters is 1. The van der Waals surface area contributed by atoms with Crippen LogP contribution in [0.1, 0.15) is 32.3 Å². The fourth-order valence-electron chi connectivity index (χ4n) is 1.79. The van der Waals surface area contributed by atoms with Crippen molar-refractivity contribution in [3.8, 4) is 0 Å². The van der Waals surface area contributed by atoms with Gasteiger partial charge in [0.2, 0.25) is 0 Å². The van der Waals surface area contributed by atoms with E-state index in [0.29, 0.717) is 24.3 Å². The first-order valence-corrected chi connectivity index (χ1v) is 6.31. The summed E-state index contributed by atoms with van der Waals surface area (Å²) in [4.78, 5) is 11.7. The Kier molecular flexibility index (Phi) is 5.98. The number of rotatable bonds is 6. The van der Waals surface area contributed by atoms with Crippen molar-refractivity contribution >= 4 is 5.97 Å². The Labute approximate surface area is 109 Å². The Morgan fingerprint density at radius 1 is 1.28 bits per heavy atom. The van der Waals surface area contributed by atoms with Gasteiger partial charge in [-0.3, -0.25) is 0 Å². The maximum Gasteiger partial charge on any atom is 0.335 e. The van der Waals surface area contributed by atoms with Gasteiger partial charge in [-0.05, 0) is 38.7 Å². The molecule has 0 spiro atoms. The highest BCUT2D eigenvalue weighted by Crippen LogP contribution is 2.13. The third-order valence-electron chi connectivity index (χ3n) is 2.73. The maximum atomic E-state index is 11.7. The first-order valence-electron chi connectivity index (χ1n) is 6.31. The average Bonchev–Trinajstić information content (AvgIpc) is 2.35. The molecule has 0 saturated carbocycles. The van der Waals surface area contributed by atoms with E-state index in [1.165, 1.54) is 5.56 Å². The van der Waals surface area contributed by atoms with Crippen molar-refractivity contribution in [1.29, 1.82) is 0 Å². The van der Waals surface area contributed by atoms with Gasteiger partial charge in [-0.25, -0.2) is 4.79 Å². The zero-order valence-corrected chi connectivity index (χ0v) is 11.1. The summed E-state index contributed by atoms with van der Waals surface area (Å²) < 4.78 is 4.99. The summed E-state index contributed by atoms with van der Waals surface area (Å²) in [5.74, 6) is -0.287. The summed E-state index contributed by atoms with van der Waals surface area (Å²) in [5, 5.41) is 0. The van der Waals surface area contributed by atoms with Crippen LogP contribution in [-0.4, -0.2) is 12.6 Å². The molecule has 0 bridgehead atoms. The van der Waals surface area contributed by atoms with Crippen molar-refractivity contribution in [1.82, 2.24) is 0 Å². The lowest BCUT2D eigenvalue weighted by molar-refractivity contribution is -0.138. The number of hydrogen-bond donors (Lipinski definition) is 1. The number of ether oxygens (including phenoxy) is 1. The van der Waals surface area contributed by atoms with Gasteiger partial charge in [0.25, 0.3) is 0 Å². The van der Waals surface area contributed by atoms with Gasteiger partial charge in [0.05, 0.1) is 12.2 Å². The van der Waals surface area contributed by atoms with Crippen molar-refractivity contribution in [2.45, 2.75) is 33.1 Å². The molecule has 0 fully saturated rings. The average molecular weight is 247 g/mol. The van der Waals surface area contributed by atoms with Gasteiger partial charge >= 0.3 is 5.97 Å². The van der Waals surface area contributed by atoms with Crippen LogP contribution in [0.2, 0.25) is 0 Å². The van der Waals surface area contributed by atoms with E-state index < -0.39 is 0 Å².